The fourth-order valence-electron chi connectivity index (χ4n) is 4.54. The summed E-state index contributed by atoms with van der Waals surface area (Å²) in [5.41, 5.74) is 1.50. The van der Waals surface area contributed by atoms with Gasteiger partial charge in [-0.2, -0.15) is 0 Å². The zero-order valence-corrected chi connectivity index (χ0v) is 17.7. The lowest BCUT2D eigenvalue weighted by Crippen LogP contribution is -2.27. The van der Waals surface area contributed by atoms with E-state index < -0.39 is 0 Å². The molecular formula is C24H41NO. The van der Waals surface area contributed by atoms with Crippen molar-refractivity contribution in [1.29, 1.82) is 0 Å². The Morgan fingerprint density at radius 3 is 2.23 bits per heavy atom. The third-order valence-corrected chi connectivity index (χ3v) is 6.03. The van der Waals surface area contributed by atoms with E-state index in [1.807, 2.05) is 6.92 Å². The fraction of sp³-hybridized carbons (Fsp3) is 0.750. The third kappa shape index (κ3) is 7.31. The van der Waals surface area contributed by atoms with Crippen molar-refractivity contribution in [1.82, 2.24) is 4.90 Å². The molecule has 0 N–H and O–H groups in total. The molecule has 0 amide bonds. The summed E-state index contributed by atoms with van der Waals surface area (Å²) in [5, 5.41) is 0. The predicted molar refractivity (Wildman–Crippen MR) is 113 cm³/mol. The zero-order valence-electron chi connectivity index (χ0n) is 17.7. The smallest absolute Gasteiger partial charge is 0.119 e. The molecule has 148 valence electrons. The Hall–Kier alpha value is -1.02. The molecule has 1 aromatic carbocycles. The van der Waals surface area contributed by atoms with Crippen molar-refractivity contribution in [3.63, 3.8) is 0 Å². The molecule has 0 radical (unpaired) electrons. The standard InChI is InChI=1S/C14H20O.C10H21N/c1-2-15-14-10-8-13(9-11-14)12-6-4-3-5-7-12;1-4-11-6-5-9(2)7-10(3)8-11/h8-12H,2-7H2,1H3;9-10H,4-8H2,1-3H3/t;9?,10-/m.0/s1. The van der Waals surface area contributed by atoms with Gasteiger partial charge in [-0.25, -0.2) is 0 Å². The molecule has 2 atom stereocenters. The quantitative estimate of drug-likeness (QED) is 0.608. The van der Waals surface area contributed by atoms with Gasteiger partial charge in [0.1, 0.15) is 5.75 Å². The van der Waals surface area contributed by atoms with Gasteiger partial charge in [-0.3, -0.25) is 0 Å². The molecule has 2 heteroatoms. The zero-order chi connectivity index (χ0) is 18.8. The molecule has 26 heavy (non-hydrogen) atoms. The molecule has 2 fully saturated rings. The first-order valence-corrected chi connectivity index (χ1v) is 11.1. The highest BCUT2D eigenvalue weighted by Crippen LogP contribution is 2.33. The van der Waals surface area contributed by atoms with E-state index in [-0.39, 0.29) is 0 Å². The molecule has 1 saturated carbocycles. The van der Waals surface area contributed by atoms with Crippen LogP contribution in [0.25, 0.3) is 0 Å². The number of nitrogens with zero attached hydrogens (tertiary/aromatic N) is 1. The number of likely N-dealkylation sites (tertiary alicyclic amines) is 1. The van der Waals surface area contributed by atoms with Crippen molar-refractivity contribution in [2.75, 3.05) is 26.2 Å². The molecule has 1 saturated heterocycles. The van der Waals surface area contributed by atoms with Crippen LogP contribution in [0.1, 0.15) is 84.1 Å². The summed E-state index contributed by atoms with van der Waals surface area (Å²) in [6.45, 7) is 13.7. The van der Waals surface area contributed by atoms with E-state index >= 15 is 0 Å². The van der Waals surface area contributed by atoms with Gasteiger partial charge in [0.25, 0.3) is 0 Å². The molecule has 1 unspecified atom stereocenters. The lowest BCUT2D eigenvalue weighted by molar-refractivity contribution is 0.269. The van der Waals surface area contributed by atoms with E-state index in [0.717, 1.165) is 30.1 Å². The molecule has 1 aromatic rings. The van der Waals surface area contributed by atoms with Crippen LogP contribution >= 0.6 is 0 Å². The SMILES string of the molecule is CCN1CCC(C)C[C@H](C)C1.CCOc1ccc(C2CCCCC2)cc1. The van der Waals surface area contributed by atoms with E-state index in [2.05, 4.69) is 49.9 Å². The molecule has 1 aliphatic carbocycles. The molecule has 0 aromatic heterocycles. The summed E-state index contributed by atoms with van der Waals surface area (Å²) in [6.07, 6.45) is 9.79. The third-order valence-electron chi connectivity index (χ3n) is 6.03. The van der Waals surface area contributed by atoms with Crippen LogP contribution < -0.4 is 4.74 Å². The minimum Gasteiger partial charge on any atom is -0.494 e. The van der Waals surface area contributed by atoms with Crippen LogP contribution in [0.2, 0.25) is 0 Å². The van der Waals surface area contributed by atoms with Crippen LogP contribution in [-0.4, -0.2) is 31.1 Å². The Balaban J connectivity index is 0.000000197. The number of ether oxygens (including phenoxy) is 1. The molecule has 2 aliphatic rings. The summed E-state index contributed by atoms with van der Waals surface area (Å²) in [6, 6.07) is 8.68. The Labute approximate surface area is 162 Å². The monoisotopic (exact) mass is 359 g/mol. The fourth-order valence-corrected chi connectivity index (χ4v) is 4.54. The minimum absolute atomic E-state index is 0.753. The number of hydrogen-bond acceptors (Lipinski definition) is 2. The number of hydrogen-bond donors (Lipinski definition) is 0. The Bertz CT molecular complexity index is 477. The summed E-state index contributed by atoms with van der Waals surface area (Å²) in [7, 11) is 0. The van der Waals surface area contributed by atoms with Gasteiger partial charge in [0.2, 0.25) is 0 Å². The van der Waals surface area contributed by atoms with Crippen LogP contribution in [0.4, 0.5) is 0 Å². The van der Waals surface area contributed by atoms with Gasteiger partial charge in [-0.05, 0) is 81.1 Å². The first kappa shape index (κ1) is 21.3. The molecule has 0 spiro atoms. The van der Waals surface area contributed by atoms with E-state index in [1.165, 1.54) is 70.1 Å². The minimum atomic E-state index is 0.753. The van der Waals surface area contributed by atoms with Crippen LogP contribution in [0.3, 0.4) is 0 Å². The average Bonchev–Trinajstić information content (AvgIpc) is 2.83. The van der Waals surface area contributed by atoms with Crippen molar-refractivity contribution in [3.05, 3.63) is 29.8 Å². The number of rotatable bonds is 4. The van der Waals surface area contributed by atoms with Gasteiger partial charge in [-0.15, -0.1) is 0 Å². The average molecular weight is 360 g/mol. The van der Waals surface area contributed by atoms with Gasteiger partial charge in [0.05, 0.1) is 6.61 Å². The van der Waals surface area contributed by atoms with Crippen LogP contribution in [0.15, 0.2) is 24.3 Å². The maximum atomic E-state index is 5.45. The van der Waals surface area contributed by atoms with Gasteiger partial charge in [-0.1, -0.05) is 52.2 Å². The predicted octanol–water partition coefficient (Wildman–Crippen LogP) is 6.51. The summed E-state index contributed by atoms with van der Waals surface area (Å²) < 4.78 is 5.45. The molecule has 2 nitrogen and oxygen atoms in total. The lowest BCUT2D eigenvalue weighted by atomic mass is 9.84. The lowest BCUT2D eigenvalue weighted by Gasteiger charge is -2.22. The molecule has 3 rings (SSSR count). The number of benzene rings is 1. The maximum Gasteiger partial charge on any atom is 0.119 e. The van der Waals surface area contributed by atoms with Gasteiger partial charge in [0.15, 0.2) is 0 Å². The second kappa shape index (κ2) is 11.6. The van der Waals surface area contributed by atoms with Crippen molar-refractivity contribution < 1.29 is 4.74 Å². The largest absolute Gasteiger partial charge is 0.494 e. The van der Waals surface area contributed by atoms with E-state index in [9.17, 15) is 0 Å². The topological polar surface area (TPSA) is 12.5 Å². The summed E-state index contributed by atoms with van der Waals surface area (Å²) >= 11 is 0. The molecule has 1 heterocycles. The Morgan fingerprint density at radius 1 is 0.923 bits per heavy atom. The Kier molecular flexibility index (Phi) is 9.53. The summed E-state index contributed by atoms with van der Waals surface area (Å²) in [5.74, 6) is 3.65. The van der Waals surface area contributed by atoms with Gasteiger partial charge in [0, 0.05) is 6.54 Å². The normalized spacial score (nSPS) is 25.1. The molecule has 0 bridgehead atoms. The van der Waals surface area contributed by atoms with Crippen molar-refractivity contribution in [2.24, 2.45) is 11.8 Å². The van der Waals surface area contributed by atoms with E-state index in [1.54, 1.807) is 0 Å². The first-order valence-electron chi connectivity index (χ1n) is 11.1. The van der Waals surface area contributed by atoms with Crippen LogP contribution in [0, 0.1) is 11.8 Å². The molecular weight excluding hydrogens is 318 g/mol. The second-order valence-corrected chi connectivity index (χ2v) is 8.46. The van der Waals surface area contributed by atoms with E-state index in [0.29, 0.717) is 0 Å². The van der Waals surface area contributed by atoms with Crippen LogP contribution in [0.5, 0.6) is 5.75 Å². The first-order chi connectivity index (χ1) is 12.6. The molecule has 1 aliphatic heterocycles. The second-order valence-electron chi connectivity index (χ2n) is 8.46. The highest BCUT2D eigenvalue weighted by atomic mass is 16.5. The highest BCUT2D eigenvalue weighted by molar-refractivity contribution is 5.29. The maximum absolute atomic E-state index is 5.45. The van der Waals surface area contributed by atoms with Crippen LogP contribution in [-0.2, 0) is 0 Å². The highest BCUT2D eigenvalue weighted by Gasteiger charge is 2.17. The van der Waals surface area contributed by atoms with Crippen molar-refractivity contribution in [3.8, 4) is 5.75 Å². The van der Waals surface area contributed by atoms with Crippen molar-refractivity contribution >= 4 is 0 Å². The van der Waals surface area contributed by atoms with E-state index in [4.69, 9.17) is 4.74 Å². The van der Waals surface area contributed by atoms with Gasteiger partial charge >= 0.3 is 0 Å². The Morgan fingerprint density at radius 2 is 1.62 bits per heavy atom. The van der Waals surface area contributed by atoms with Crippen molar-refractivity contribution in [2.45, 2.75) is 78.6 Å². The summed E-state index contributed by atoms with van der Waals surface area (Å²) in [4.78, 5) is 2.58. The van der Waals surface area contributed by atoms with Gasteiger partial charge < -0.3 is 9.64 Å².